The Hall–Kier alpha value is -0.740. The van der Waals surface area contributed by atoms with E-state index in [0.717, 1.165) is 10.8 Å². The normalized spacial score (nSPS) is 22.8. The Morgan fingerprint density at radius 1 is 1.26 bits per heavy atom. The Morgan fingerprint density at radius 2 is 2.00 bits per heavy atom. The molecule has 2 unspecified atom stereocenters. The van der Waals surface area contributed by atoms with Crippen molar-refractivity contribution >= 4 is 34.8 Å². The predicted octanol–water partition coefficient (Wildman–Crippen LogP) is 4.27. The number of hydrogen-bond acceptors (Lipinski definition) is 2. The third-order valence-electron chi connectivity index (χ3n) is 3.78. The molecule has 0 radical (unpaired) electrons. The molecule has 1 aliphatic carbocycles. The quantitative estimate of drug-likeness (QED) is 0.642. The number of benzene rings is 1. The summed E-state index contributed by atoms with van der Waals surface area (Å²) in [5.74, 6) is 0.712. The van der Waals surface area contributed by atoms with Gasteiger partial charge in [-0.3, -0.25) is 0 Å². The molecule has 0 saturated heterocycles. The summed E-state index contributed by atoms with van der Waals surface area (Å²) in [6, 6.07) is 8.79. The minimum Gasteiger partial charge on any atom is -0.359 e. The van der Waals surface area contributed by atoms with Crippen molar-refractivity contribution in [3.8, 4) is 0 Å². The molecule has 2 N–H and O–H groups in total. The Morgan fingerprint density at radius 3 is 2.74 bits per heavy atom. The molecular formula is C15H22N2S2. The zero-order valence-electron chi connectivity index (χ0n) is 11.6. The van der Waals surface area contributed by atoms with Crippen LogP contribution in [0.3, 0.4) is 0 Å². The molecule has 2 nitrogen and oxygen atoms in total. The third-order valence-corrected chi connectivity index (χ3v) is 4.80. The molecule has 0 aliphatic heterocycles. The maximum Gasteiger partial charge on any atom is 0.171 e. The molecule has 19 heavy (non-hydrogen) atoms. The molecule has 1 aromatic rings. The lowest BCUT2D eigenvalue weighted by Crippen LogP contribution is -2.43. The van der Waals surface area contributed by atoms with E-state index in [4.69, 9.17) is 12.2 Å². The molecule has 104 valence electrons. The zero-order valence-corrected chi connectivity index (χ0v) is 13.2. The van der Waals surface area contributed by atoms with Crippen molar-refractivity contribution in [1.82, 2.24) is 5.32 Å². The van der Waals surface area contributed by atoms with Gasteiger partial charge in [0.05, 0.1) is 5.69 Å². The van der Waals surface area contributed by atoms with Gasteiger partial charge in [0.25, 0.3) is 0 Å². The van der Waals surface area contributed by atoms with E-state index in [9.17, 15) is 0 Å². The largest absolute Gasteiger partial charge is 0.359 e. The summed E-state index contributed by atoms with van der Waals surface area (Å²) in [5.41, 5.74) is 1.09. The van der Waals surface area contributed by atoms with E-state index in [-0.39, 0.29) is 0 Å². The van der Waals surface area contributed by atoms with E-state index in [1.54, 1.807) is 11.8 Å². The Bertz CT molecular complexity index is 434. The van der Waals surface area contributed by atoms with Gasteiger partial charge in [-0.15, -0.1) is 11.8 Å². The van der Waals surface area contributed by atoms with Crippen molar-refractivity contribution < 1.29 is 0 Å². The second-order valence-corrected chi connectivity index (χ2v) is 6.42. The molecule has 0 spiro atoms. The highest BCUT2D eigenvalue weighted by atomic mass is 32.2. The minimum atomic E-state index is 0.523. The van der Waals surface area contributed by atoms with Crippen molar-refractivity contribution in [3.63, 3.8) is 0 Å². The summed E-state index contributed by atoms with van der Waals surface area (Å²) >= 11 is 7.18. The van der Waals surface area contributed by atoms with Gasteiger partial charge in [-0.05, 0) is 49.4 Å². The number of thiocarbonyl (C=S) groups is 1. The number of hydrogen-bond donors (Lipinski definition) is 2. The molecular weight excluding hydrogens is 272 g/mol. The Labute approximate surface area is 125 Å². The molecule has 1 fully saturated rings. The summed E-state index contributed by atoms with van der Waals surface area (Å²) in [4.78, 5) is 1.23. The molecule has 1 aromatic carbocycles. The fourth-order valence-corrected chi connectivity index (χ4v) is 3.42. The minimum absolute atomic E-state index is 0.523. The Balaban J connectivity index is 1.93. The predicted molar refractivity (Wildman–Crippen MR) is 89.0 cm³/mol. The lowest BCUT2D eigenvalue weighted by molar-refractivity contribution is 0.309. The van der Waals surface area contributed by atoms with Gasteiger partial charge >= 0.3 is 0 Å². The van der Waals surface area contributed by atoms with Crippen LogP contribution in [0.15, 0.2) is 29.2 Å². The monoisotopic (exact) mass is 294 g/mol. The van der Waals surface area contributed by atoms with Gasteiger partial charge in [-0.25, -0.2) is 0 Å². The fraction of sp³-hybridized carbons (Fsp3) is 0.533. The zero-order chi connectivity index (χ0) is 13.7. The van der Waals surface area contributed by atoms with Crippen LogP contribution in [0.4, 0.5) is 5.69 Å². The van der Waals surface area contributed by atoms with Gasteiger partial charge in [0, 0.05) is 10.9 Å². The maximum absolute atomic E-state index is 5.45. The highest BCUT2D eigenvalue weighted by molar-refractivity contribution is 7.98. The average Bonchev–Trinajstić information content (AvgIpc) is 2.42. The number of nitrogens with one attached hydrogen (secondary N) is 2. The summed E-state index contributed by atoms with van der Waals surface area (Å²) in [5, 5.41) is 7.56. The van der Waals surface area contributed by atoms with Crippen LogP contribution < -0.4 is 10.6 Å². The molecule has 4 heteroatoms. The fourth-order valence-electron chi connectivity index (χ4n) is 2.61. The van der Waals surface area contributed by atoms with Crippen LogP contribution in [0, 0.1) is 5.92 Å². The van der Waals surface area contributed by atoms with E-state index in [1.807, 2.05) is 6.07 Å². The number of thioether (sulfide) groups is 1. The van der Waals surface area contributed by atoms with E-state index < -0.39 is 0 Å². The second-order valence-electron chi connectivity index (χ2n) is 5.17. The summed E-state index contributed by atoms with van der Waals surface area (Å²) < 4.78 is 0. The lowest BCUT2D eigenvalue weighted by Gasteiger charge is -2.30. The number of anilines is 1. The van der Waals surface area contributed by atoms with E-state index in [0.29, 0.717) is 12.0 Å². The van der Waals surface area contributed by atoms with Crippen LogP contribution in [-0.2, 0) is 0 Å². The maximum atomic E-state index is 5.45. The lowest BCUT2D eigenvalue weighted by atomic mass is 9.86. The smallest absolute Gasteiger partial charge is 0.171 e. The summed E-state index contributed by atoms with van der Waals surface area (Å²) in [7, 11) is 0. The van der Waals surface area contributed by atoms with E-state index in [2.05, 4.69) is 42.0 Å². The first-order valence-electron chi connectivity index (χ1n) is 6.91. The highest BCUT2D eigenvalue weighted by Crippen LogP contribution is 2.26. The number of para-hydroxylation sites is 1. The molecule has 2 atom stereocenters. The highest BCUT2D eigenvalue weighted by Gasteiger charge is 2.21. The third kappa shape index (κ3) is 4.11. The van der Waals surface area contributed by atoms with E-state index in [1.165, 1.54) is 30.6 Å². The van der Waals surface area contributed by atoms with Crippen LogP contribution in [-0.4, -0.2) is 17.4 Å². The average molecular weight is 294 g/mol. The van der Waals surface area contributed by atoms with Crippen molar-refractivity contribution in [2.45, 2.75) is 43.5 Å². The Kier molecular flexibility index (Phi) is 5.52. The van der Waals surface area contributed by atoms with Gasteiger partial charge in [0.15, 0.2) is 5.11 Å². The van der Waals surface area contributed by atoms with Crippen molar-refractivity contribution in [2.75, 3.05) is 11.6 Å². The van der Waals surface area contributed by atoms with Crippen LogP contribution in [0.5, 0.6) is 0 Å². The standard InChI is InChI=1S/C15H22N2S2/c1-11-7-3-4-8-12(11)16-15(18)17-13-9-5-6-10-14(13)19-2/h5-6,9-12H,3-4,7-8H2,1-2H3,(H2,16,17,18). The SMILES string of the molecule is CSc1ccccc1NC(=S)NC1CCCCC1C. The van der Waals surface area contributed by atoms with Crippen LogP contribution in [0.2, 0.25) is 0 Å². The topological polar surface area (TPSA) is 24.1 Å². The van der Waals surface area contributed by atoms with Crippen molar-refractivity contribution in [2.24, 2.45) is 5.92 Å². The molecule has 1 saturated carbocycles. The van der Waals surface area contributed by atoms with Gasteiger partial charge in [0.2, 0.25) is 0 Å². The van der Waals surface area contributed by atoms with Crippen molar-refractivity contribution in [1.29, 1.82) is 0 Å². The van der Waals surface area contributed by atoms with Crippen LogP contribution >= 0.6 is 24.0 Å². The molecule has 0 heterocycles. The van der Waals surface area contributed by atoms with E-state index >= 15 is 0 Å². The molecule has 0 aromatic heterocycles. The molecule has 2 rings (SSSR count). The second kappa shape index (κ2) is 7.15. The van der Waals surface area contributed by atoms with Crippen LogP contribution in [0.1, 0.15) is 32.6 Å². The van der Waals surface area contributed by atoms with Gasteiger partial charge in [-0.1, -0.05) is 31.9 Å². The summed E-state index contributed by atoms with van der Waals surface area (Å²) in [6.45, 7) is 2.31. The summed E-state index contributed by atoms with van der Waals surface area (Å²) in [6.07, 6.45) is 7.29. The number of rotatable bonds is 3. The van der Waals surface area contributed by atoms with Crippen LogP contribution in [0.25, 0.3) is 0 Å². The molecule has 0 amide bonds. The van der Waals surface area contributed by atoms with Gasteiger partial charge in [-0.2, -0.15) is 0 Å². The van der Waals surface area contributed by atoms with Crippen molar-refractivity contribution in [3.05, 3.63) is 24.3 Å². The first-order chi connectivity index (χ1) is 9.20. The van der Waals surface area contributed by atoms with Gasteiger partial charge in [0.1, 0.15) is 0 Å². The molecule has 1 aliphatic rings. The first kappa shape index (κ1) is 14.7. The molecule has 0 bridgehead atoms. The van der Waals surface area contributed by atoms with Gasteiger partial charge < -0.3 is 10.6 Å². The first-order valence-corrected chi connectivity index (χ1v) is 8.54.